The zero-order chi connectivity index (χ0) is 16.3. The predicted molar refractivity (Wildman–Crippen MR) is 109 cm³/mol. The fourth-order valence-electron chi connectivity index (χ4n) is 3.49. The largest absolute Gasteiger partial charge is 0.347 e. The van der Waals surface area contributed by atoms with Crippen LogP contribution in [-0.2, 0) is 5.41 Å². The SMILES string of the molecule is Br.CN1C(=CC=NNC2=NCCCCC2)C(C)(C)c2ccccc21. The van der Waals surface area contributed by atoms with Gasteiger partial charge in [-0.15, -0.1) is 17.0 Å². The molecule has 0 radical (unpaired) electrons. The molecule has 2 aliphatic heterocycles. The Morgan fingerprint density at radius 2 is 2.00 bits per heavy atom. The third kappa shape index (κ3) is 3.72. The van der Waals surface area contributed by atoms with Crippen LogP contribution in [-0.4, -0.2) is 25.6 Å². The maximum atomic E-state index is 4.53. The van der Waals surface area contributed by atoms with Crippen LogP contribution in [0.2, 0.25) is 0 Å². The van der Waals surface area contributed by atoms with E-state index in [9.17, 15) is 0 Å². The third-order valence-electron chi connectivity index (χ3n) is 4.82. The van der Waals surface area contributed by atoms with E-state index < -0.39 is 0 Å². The van der Waals surface area contributed by atoms with Crippen LogP contribution in [0.5, 0.6) is 0 Å². The number of amidine groups is 1. The van der Waals surface area contributed by atoms with E-state index in [4.69, 9.17) is 0 Å². The molecule has 0 fully saturated rings. The van der Waals surface area contributed by atoms with Crippen molar-refractivity contribution in [2.24, 2.45) is 10.1 Å². The molecule has 1 aromatic carbocycles. The number of allylic oxidation sites excluding steroid dienone is 2. The van der Waals surface area contributed by atoms with Crippen molar-refractivity contribution in [1.29, 1.82) is 0 Å². The number of hydrazone groups is 1. The first-order valence-electron chi connectivity index (χ1n) is 8.47. The zero-order valence-corrected chi connectivity index (χ0v) is 16.5. The second-order valence-electron chi connectivity index (χ2n) is 6.78. The topological polar surface area (TPSA) is 40.0 Å². The number of halogens is 1. The van der Waals surface area contributed by atoms with Crippen molar-refractivity contribution in [2.45, 2.75) is 44.9 Å². The Bertz CT molecular complexity index is 661. The van der Waals surface area contributed by atoms with Crippen molar-refractivity contribution < 1.29 is 0 Å². The van der Waals surface area contributed by atoms with Crippen molar-refractivity contribution >= 4 is 34.7 Å². The Morgan fingerprint density at radius 1 is 1.21 bits per heavy atom. The molecular formula is C19H27BrN4. The lowest BCUT2D eigenvalue weighted by atomic mass is 9.84. The first kappa shape index (κ1) is 18.7. The number of hydrogen-bond donors (Lipinski definition) is 1. The summed E-state index contributed by atoms with van der Waals surface area (Å²) in [6.45, 7) is 5.44. The monoisotopic (exact) mass is 390 g/mol. The average Bonchev–Trinajstić information content (AvgIpc) is 2.74. The molecule has 3 rings (SSSR count). The quantitative estimate of drug-likeness (QED) is 0.599. The number of aliphatic imine (C=N–C) groups is 1. The molecule has 5 heteroatoms. The second-order valence-corrected chi connectivity index (χ2v) is 6.78. The molecule has 0 saturated heterocycles. The maximum absolute atomic E-state index is 4.53. The normalized spacial score (nSPS) is 21.2. The summed E-state index contributed by atoms with van der Waals surface area (Å²) >= 11 is 0. The van der Waals surface area contributed by atoms with Gasteiger partial charge in [-0.2, -0.15) is 5.10 Å². The standard InChI is InChI=1S/C19H26N4.BrH/c1-19(2)15-9-6-7-10-16(15)23(3)17(19)12-14-21-22-18-11-5-4-8-13-20-18;/h6-7,9-10,12,14H,4-5,8,11,13H2,1-3H3,(H,20,22);1H. The number of likely N-dealkylation sites (N-methyl/N-ethyl adjacent to an activating group) is 1. The molecule has 0 unspecified atom stereocenters. The highest BCUT2D eigenvalue weighted by molar-refractivity contribution is 8.93. The lowest BCUT2D eigenvalue weighted by molar-refractivity contribution is 0.641. The van der Waals surface area contributed by atoms with E-state index in [-0.39, 0.29) is 22.4 Å². The van der Waals surface area contributed by atoms with E-state index in [0.29, 0.717) is 0 Å². The highest BCUT2D eigenvalue weighted by Crippen LogP contribution is 2.46. The van der Waals surface area contributed by atoms with Crippen LogP contribution >= 0.6 is 17.0 Å². The third-order valence-corrected chi connectivity index (χ3v) is 4.82. The van der Waals surface area contributed by atoms with Crippen LogP contribution in [0, 0.1) is 0 Å². The summed E-state index contributed by atoms with van der Waals surface area (Å²) in [7, 11) is 2.12. The summed E-state index contributed by atoms with van der Waals surface area (Å²) in [5.41, 5.74) is 7.00. The van der Waals surface area contributed by atoms with Crippen LogP contribution in [0.25, 0.3) is 0 Å². The zero-order valence-electron chi connectivity index (χ0n) is 14.7. The molecule has 0 saturated carbocycles. The molecule has 0 aliphatic carbocycles. The Balaban J connectivity index is 0.00000208. The van der Waals surface area contributed by atoms with Gasteiger partial charge < -0.3 is 4.90 Å². The minimum absolute atomic E-state index is 0. The van der Waals surface area contributed by atoms with Gasteiger partial charge in [0, 0.05) is 43.0 Å². The lowest BCUT2D eigenvalue weighted by Gasteiger charge is -2.23. The smallest absolute Gasteiger partial charge is 0.117 e. The number of anilines is 1. The van der Waals surface area contributed by atoms with Gasteiger partial charge in [-0.3, -0.25) is 10.4 Å². The number of nitrogens with one attached hydrogen (secondary N) is 1. The van der Waals surface area contributed by atoms with Gasteiger partial charge in [-0.1, -0.05) is 38.5 Å². The summed E-state index contributed by atoms with van der Waals surface area (Å²) < 4.78 is 0. The summed E-state index contributed by atoms with van der Waals surface area (Å²) in [4.78, 5) is 6.78. The molecule has 1 aromatic rings. The molecule has 2 heterocycles. The van der Waals surface area contributed by atoms with E-state index in [2.05, 4.69) is 71.7 Å². The fourth-order valence-corrected chi connectivity index (χ4v) is 3.49. The van der Waals surface area contributed by atoms with Gasteiger partial charge in [-0.25, -0.2) is 0 Å². The van der Waals surface area contributed by atoms with E-state index in [1.54, 1.807) is 0 Å². The molecule has 1 N–H and O–H groups in total. The Hall–Kier alpha value is -1.62. The van der Waals surface area contributed by atoms with Gasteiger partial charge in [0.15, 0.2) is 0 Å². The molecule has 0 atom stereocenters. The van der Waals surface area contributed by atoms with Gasteiger partial charge in [0.25, 0.3) is 0 Å². The van der Waals surface area contributed by atoms with Gasteiger partial charge in [-0.05, 0) is 30.5 Å². The average molecular weight is 391 g/mol. The summed E-state index contributed by atoms with van der Waals surface area (Å²) in [6.07, 6.45) is 8.62. The van der Waals surface area contributed by atoms with E-state index in [0.717, 1.165) is 18.8 Å². The minimum Gasteiger partial charge on any atom is -0.347 e. The van der Waals surface area contributed by atoms with Crippen LogP contribution < -0.4 is 10.3 Å². The number of rotatable bonds is 2. The first-order chi connectivity index (χ1) is 11.1. The molecule has 2 aliphatic rings. The van der Waals surface area contributed by atoms with Gasteiger partial charge in [0.1, 0.15) is 5.84 Å². The van der Waals surface area contributed by atoms with Gasteiger partial charge >= 0.3 is 0 Å². The van der Waals surface area contributed by atoms with Gasteiger partial charge in [0.2, 0.25) is 0 Å². The first-order valence-corrected chi connectivity index (χ1v) is 8.47. The van der Waals surface area contributed by atoms with Crippen molar-refractivity contribution in [3.63, 3.8) is 0 Å². The number of para-hydroxylation sites is 1. The molecule has 130 valence electrons. The minimum atomic E-state index is -0.00278. The molecular weight excluding hydrogens is 364 g/mol. The Morgan fingerprint density at radius 3 is 2.79 bits per heavy atom. The molecule has 4 nitrogen and oxygen atoms in total. The Kier molecular flexibility index (Phi) is 6.21. The number of benzene rings is 1. The maximum Gasteiger partial charge on any atom is 0.117 e. The van der Waals surface area contributed by atoms with Crippen LogP contribution in [0.1, 0.15) is 45.1 Å². The van der Waals surface area contributed by atoms with Gasteiger partial charge in [0.05, 0.1) is 0 Å². The predicted octanol–water partition coefficient (Wildman–Crippen LogP) is 4.42. The van der Waals surface area contributed by atoms with Crippen molar-refractivity contribution in [2.75, 3.05) is 18.5 Å². The lowest BCUT2D eigenvalue weighted by Crippen LogP contribution is -2.23. The van der Waals surface area contributed by atoms with Crippen LogP contribution in [0.3, 0.4) is 0 Å². The van der Waals surface area contributed by atoms with E-state index in [1.807, 2.05) is 6.21 Å². The molecule has 0 amide bonds. The highest BCUT2D eigenvalue weighted by Gasteiger charge is 2.37. The van der Waals surface area contributed by atoms with Crippen molar-refractivity contribution in [3.8, 4) is 0 Å². The summed E-state index contributed by atoms with van der Waals surface area (Å²) in [5.74, 6) is 1.01. The molecule has 0 spiro atoms. The number of hydrogen-bond acceptors (Lipinski definition) is 4. The molecule has 0 bridgehead atoms. The Labute approximate surface area is 155 Å². The molecule has 0 aromatic heterocycles. The summed E-state index contributed by atoms with van der Waals surface area (Å²) in [6, 6.07) is 8.58. The highest BCUT2D eigenvalue weighted by atomic mass is 79.9. The van der Waals surface area contributed by atoms with Crippen LogP contribution in [0.15, 0.2) is 46.1 Å². The van der Waals surface area contributed by atoms with E-state index in [1.165, 1.54) is 36.2 Å². The molecule has 24 heavy (non-hydrogen) atoms. The fraction of sp³-hybridized carbons (Fsp3) is 0.474. The van der Waals surface area contributed by atoms with Crippen molar-refractivity contribution in [1.82, 2.24) is 5.43 Å². The van der Waals surface area contributed by atoms with Crippen molar-refractivity contribution in [3.05, 3.63) is 41.6 Å². The second kappa shape index (κ2) is 7.97. The summed E-state index contributed by atoms with van der Waals surface area (Å²) in [5, 5.41) is 4.35. The van der Waals surface area contributed by atoms with E-state index >= 15 is 0 Å². The van der Waals surface area contributed by atoms with Crippen LogP contribution in [0.4, 0.5) is 5.69 Å². The number of fused-ring (bicyclic) bond motifs is 1. The number of nitrogens with zero attached hydrogens (tertiary/aromatic N) is 3.